The predicted octanol–water partition coefficient (Wildman–Crippen LogP) is 2.54. The fourth-order valence-corrected chi connectivity index (χ4v) is 2.35. The van der Waals surface area contributed by atoms with Crippen LogP contribution in [-0.4, -0.2) is 25.7 Å². The Labute approximate surface area is 101 Å². The number of rotatable bonds is 3. The number of hydrogen-bond donors (Lipinski definition) is 1. The van der Waals surface area contributed by atoms with Gasteiger partial charge in [0.1, 0.15) is 11.6 Å². The normalized spacial score (nSPS) is 17.5. The molecule has 1 heterocycles. The van der Waals surface area contributed by atoms with E-state index in [2.05, 4.69) is 12.2 Å². The second kappa shape index (κ2) is 5.45. The number of hydrogen-bond acceptors (Lipinski definition) is 2. The molecule has 1 aromatic carbocycles. The van der Waals surface area contributed by atoms with Gasteiger partial charge >= 0.3 is 0 Å². The molecule has 1 fully saturated rings. The smallest absolute Gasteiger partial charge is 0.128 e. The molecular formula is C13H18F2N2. The Bertz CT molecular complexity index is 353. The number of benzene rings is 1. The first kappa shape index (κ1) is 12.3. The largest absolute Gasteiger partial charge is 0.371 e. The van der Waals surface area contributed by atoms with Crippen LogP contribution in [0.4, 0.5) is 14.5 Å². The highest BCUT2D eigenvalue weighted by atomic mass is 19.1. The second-order valence-electron chi connectivity index (χ2n) is 4.45. The van der Waals surface area contributed by atoms with Crippen LogP contribution in [0, 0.1) is 11.6 Å². The molecule has 0 aromatic heterocycles. The fourth-order valence-electron chi connectivity index (χ4n) is 2.35. The molecule has 0 unspecified atom stereocenters. The first-order chi connectivity index (χ1) is 8.19. The van der Waals surface area contributed by atoms with Crippen molar-refractivity contribution in [2.75, 3.05) is 24.5 Å². The zero-order valence-corrected chi connectivity index (χ0v) is 10.0. The minimum absolute atomic E-state index is 0.506. The second-order valence-corrected chi connectivity index (χ2v) is 4.45. The molecule has 0 amide bonds. The van der Waals surface area contributed by atoms with Crippen LogP contribution in [0.1, 0.15) is 19.8 Å². The van der Waals surface area contributed by atoms with Gasteiger partial charge in [-0.3, -0.25) is 0 Å². The van der Waals surface area contributed by atoms with E-state index in [9.17, 15) is 8.78 Å². The molecule has 0 radical (unpaired) electrons. The van der Waals surface area contributed by atoms with Gasteiger partial charge in [-0.2, -0.15) is 0 Å². The van der Waals surface area contributed by atoms with Crippen molar-refractivity contribution in [1.82, 2.24) is 5.32 Å². The molecule has 1 aromatic rings. The molecule has 0 aliphatic carbocycles. The Hall–Kier alpha value is -1.16. The van der Waals surface area contributed by atoms with Crippen LogP contribution in [0.2, 0.25) is 0 Å². The van der Waals surface area contributed by atoms with Gasteiger partial charge in [-0.25, -0.2) is 8.78 Å². The Kier molecular flexibility index (Phi) is 3.94. The first-order valence-corrected chi connectivity index (χ1v) is 6.13. The average molecular weight is 240 g/mol. The first-order valence-electron chi connectivity index (χ1n) is 6.13. The third-order valence-corrected chi connectivity index (χ3v) is 3.20. The molecule has 1 N–H and O–H groups in total. The lowest BCUT2D eigenvalue weighted by Gasteiger charge is -2.34. The van der Waals surface area contributed by atoms with E-state index in [1.807, 2.05) is 4.90 Å². The topological polar surface area (TPSA) is 15.3 Å². The molecule has 4 heteroatoms. The van der Waals surface area contributed by atoms with E-state index in [1.165, 1.54) is 12.1 Å². The number of halogens is 2. The molecule has 0 spiro atoms. The maximum absolute atomic E-state index is 13.1. The Morgan fingerprint density at radius 2 is 1.76 bits per heavy atom. The van der Waals surface area contributed by atoms with Crippen LogP contribution in [0.15, 0.2) is 18.2 Å². The van der Waals surface area contributed by atoms with Gasteiger partial charge in [-0.1, -0.05) is 6.92 Å². The van der Waals surface area contributed by atoms with Crippen LogP contribution in [0.25, 0.3) is 0 Å². The van der Waals surface area contributed by atoms with E-state index in [4.69, 9.17) is 0 Å². The van der Waals surface area contributed by atoms with E-state index < -0.39 is 11.6 Å². The van der Waals surface area contributed by atoms with Crippen molar-refractivity contribution in [3.63, 3.8) is 0 Å². The highest BCUT2D eigenvalue weighted by Gasteiger charge is 2.19. The third kappa shape index (κ3) is 3.16. The molecular weight excluding hydrogens is 222 g/mol. The molecule has 1 aliphatic rings. The SMILES string of the molecule is CCNC1CCN(c2cc(F)cc(F)c2)CC1. The molecule has 1 saturated heterocycles. The maximum Gasteiger partial charge on any atom is 0.128 e. The van der Waals surface area contributed by atoms with Crippen LogP contribution in [-0.2, 0) is 0 Å². The highest BCUT2D eigenvalue weighted by Crippen LogP contribution is 2.22. The third-order valence-electron chi connectivity index (χ3n) is 3.20. The molecule has 17 heavy (non-hydrogen) atoms. The summed E-state index contributed by atoms with van der Waals surface area (Å²) in [5.74, 6) is -1.01. The van der Waals surface area contributed by atoms with Crippen molar-refractivity contribution in [2.24, 2.45) is 0 Å². The van der Waals surface area contributed by atoms with Crippen molar-refractivity contribution < 1.29 is 8.78 Å². The number of nitrogens with one attached hydrogen (secondary N) is 1. The lowest BCUT2D eigenvalue weighted by Crippen LogP contribution is -2.42. The molecule has 0 bridgehead atoms. The van der Waals surface area contributed by atoms with Crippen molar-refractivity contribution >= 4 is 5.69 Å². The van der Waals surface area contributed by atoms with Gasteiger partial charge in [0.05, 0.1) is 0 Å². The number of piperidine rings is 1. The average Bonchev–Trinajstić information content (AvgIpc) is 2.29. The monoisotopic (exact) mass is 240 g/mol. The summed E-state index contributed by atoms with van der Waals surface area (Å²) >= 11 is 0. The van der Waals surface area contributed by atoms with Gasteiger partial charge < -0.3 is 10.2 Å². The van der Waals surface area contributed by atoms with Crippen LogP contribution in [0.5, 0.6) is 0 Å². The van der Waals surface area contributed by atoms with E-state index in [1.54, 1.807) is 0 Å². The van der Waals surface area contributed by atoms with Gasteiger partial charge in [0, 0.05) is 30.9 Å². The molecule has 1 aliphatic heterocycles. The highest BCUT2D eigenvalue weighted by molar-refractivity contribution is 5.47. The number of nitrogens with zero attached hydrogens (tertiary/aromatic N) is 1. The summed E-state index contributed by atoms with van der Waals surface area (Å²) in [6, 6.07) is 4.25. The van der Waals surface area contributed by atoms with Gasteiger partial charge in [0.15, 0.2) is 0 Å². The Morgan fingerprint density at radius 1 is 1.18 bits per heavy atom. The van der Waals surface area contributed by atoms with Gasteiger partial charge in [-0.05, 0) is 31.5 Å². The summed E-state index contributed by atoms with van der Waals surface area (Å²) in [7, 11) is 0. The van der Waals surface area contributed by atoms with Gasteiger partial charge in [-0.15, -0.1) is 0 Å². The molecule has 2 nitrogen and oxygen atoms in total. The van der Waals surface area contributed by atoms with E-state index in [0.29, 0.717) is 11.7 Å². The lowest BCUT2D eigenvalue weighted by molar-refractivity contribution is 0.423. The van der Waals surface area contributed by atoms with E-state index in [0.717, 1.165) is 38.5 Å². The van der Waals surface area contributed by atoms with Crippen LogP contribution >= 0.6 is 0 Å². The molecule has 94 valence electrons. The number of anilines is 1. The standard InChI is InChI=1S/C13H18F2N2/c1-2-16-12-3-5-17(6-4-12)13-8-10(14)7-11(15)9-13/h7-9,12,16H,2-6H2,1H3. The van der Waals surface area contributed by atoms with E-state index in [-0.39, 0.29) is 0 Å². The van der Waals surface area contributed by atoms with Crippen molar-refractivity contribution in [1.29, 1.82) is 0 Å². The van der Waals surface area contributed by atoms with Gasteiger partial charge in [0.2, 0.25) is 0 Å². The minimum atomic E-state index is -0.506. The molecule has 0 saturated carbocycles. The zero-order valence-electron chi connectivity index (χ0n) is 10.0. The van der Waals surface area contributed by atoms with Crippen LogP contribution in [0.3, 0.4) is 0 Å². The summed E-state index contributed by atoms with van der Waals surface area (Å²) in [5.41, 5.74) is 0.650. The van der Waals surface area contributed by atoms with Crippen molar-refractivity contribution in [3.8, 4) is 0 Å². The predicted molar refractivity (Wildman–Crippen MR) is 65.3 cm³/mol. The quantitative estimate of drug-likeness (QED) is 0.873. The van der Waals surface area contributed by atoms with Crippen molar-refractivity contribution in [3.05, 3.63) is 29.8 Å². The van der Waals surface area contributed by atoms with Gasteiger partial charge in [0.25, 0.3) is 0 Å². The summed E-state index contributed by atoms with van der Waals surface area (Å²) in [4.78, 5) is 2.04. The van der Waals surface area contributed by atoms with E-state index >= 15 is 0 Å². The van der Waals surface area contributed by atoms with Crippen molar-refractivity contribution in [2.45, 2.75) is 25.8 Å². The minimum Gasteiger partial charge on any atom is -0.371 e. The summed E-state index contributed by atoms with van der Waals surface area (Å²) in [6.07, 6.45) is 2.04. The molecule has 2 rings (SSSR count). The van der Waals surface area contributed by atoms with Crippen LogP contribution < -0.4 is 10.2 Å². The summed E-state index contributed by atoms with van der Waals surface area (Å²) in [6.45, 7) is 4.76. The maximum atomic E-state index is 13.1. The zero-order chi connectivity index (χ0) is 12.3. The fraction of sp³-hybridized carbons (Fsp3) is 0.538. The molecule has 0 atom stereocenters. The lowest BCUT2D eigenvalue weighted by atomic mass is 10.0. The Morgan fingerprint density at radius 3 is 2.29 bits per heavy atom. The summed E-state index contributed by atoms with van der Waals surface area (Å²) in [5, 5.41) is 3.40. The Balaban J connectivity index is 2.00. The summed E-state index contributed by atoms with van der Waals surface area (Å²) < 4.78 is 26.2.